The van der Waals surface area contributed by atoms with Crippen LogP contribution in [0.3, 0.4) is 0 Å². The number of para-hydroxylation sites is 1. The molecule has 2 unspecified atom stereocenters. The Morgan fingerprint density at radius 1 is 1.07 bits per heavy atom. The summed E-state index contributed by atoms with van der Waals surface area (Å²) in [5.41, 5.74) is 4.88. The Morgan fingerprint density at radius 3 is 2.58 bits per heavy atom. The molecule has 2 fully saturated rings. The van der Waals surface area contributed by atoms with Crippen molar-refractivity contribution in [2.75, 3.05) is 20.2 Å². The van der Waals surface area contributed by atoms with Crippen LogP contribution in [0.4, 0.5) is 8.78 Å². The minimum absolute atomic E-state index is 0.110. The number of amides is 1. The van der Waals surface area contributed by atoms with Crippen molar-refractivity contribution < 1.29 is 18.3 Å². The molecule has 1 amide bonds. The van der Waals surface area contributed by atoms with Gasteiger partial charge in [0, 0.05) is 57.0 Å². The van der Waals surface area contributed by atoms with E-state index in [0.717, 1.165) is 53.9 Å². The second kappa shape index (κ2) is 12.4. The van der Waals surface area contributed by atoms with Crippen LogP contribution in [-0.4, -0.2) is 68.8 Å². The summed E-state index contributed by atoms with van der Waals surface area (Å²) in [6.07, 6.45) is 8.16. The highest BCUT2D eigenvalue weighted by molar-refractivity contribution is 5.80. The first-order valence-electron chi connectivity index (χ1n) is 15.0. The van der Waals surface area contributed by atoms with E-state index >= 15 is 0 Å². The fraction of sp³-hybridized carbons (Fsp3) is 0.424. The first kappa shape index (κ1) is 29.2. The fourth-order valence-electron chi connectivity index (χ4n) is 6.85. The summed E-state index contributed by atoms with van der Waals surface area (Å²) in [5.74, 6) is -2.09. The Bertz CT molecular complexity index is 1590. The van der Waals surface area contributed by atoms with Gasteiger partial charge in [0.1, 0.15) is 0 Å². The van der Waals surface area contributed by atoms with Gasteiger partial charge in [-0.25, -0.2) is 13.5 Å². The van der Waals surface area contributed by atoms with Crippen LogP contribution in [0.1, 0.15) is 48.4 Å². The third-order valence-electron chi connectivity index (χ3n) is 9.06. The highest BCUT2D eigenvalue weighted by Gasteiger charge is 2.41. The lowest BCUT2D eigenvalue weighted by Gasteiger charge is -2.37. The van der Waals surface area contributed by atoms with Crippen LogP contribution in [0.15, 0.2) is 60.9 Å². The minimum Gasteiger partial charge on any atom is -0.380 e. The van der Waals surface area contributed by atoms with Crippen molar-refractivity contribution in [3.8, 4) is 16.9 Å². The van der Waals surface area contributed by atoms with Crippen LogP contribution in [-0.2, 0) is 23.0 Å². The zero-order valence-electron chi connectivity index (χ0n) is 24.8. The van der Waals surface area contributed by atoms with Crippen molar-refractivity contribution in [1.82, 2.24) is 29.8 Å². The van der Waals surface area contributed by atoms with Gasteiger partial charge in [0.05, 0.1) is 35.8 Å². The van der Waals surface area contributed by atoms with E-state index in [1.165, 1.54) is 12.1 Å². The van der Waals surface area contributed by atoms with Crippen molar-refractivity contribution in [3.05, 3.63) is 89.4 Å². The van der Waals surface area contributed by atoms with Crippen LogP contribution in [0.5, 0.6) is 0 Å². The second-order valence-electron chi connectivity index (χ2n) is 11.8. The van der Waals surface area contributed by atoms with Gasteiger partial charge in [-0.05, 0) is 55.2 Å². The number of benzene rings is 2. The van der Waals surface area contributed by atoms with Gasteiger partial charge in [-0.2, -0.15) is 10.2 Å². The van der Waals surface area contributed by atoms with Crippen LogP contribution >= 0.6 is 0 Å². The summed E-state index contributed by atoms with van der Waals surface area (Å²) < 4.78 is 37.6. The molecular formula is C33H38F2N6O2. The maximum absolute atomic E-state index is 14.4. The molecule has 1 saturated carbocycles. The second-order valence-corrected chi connectivity index (χ2v) is 11.8. The quantitative estimate of drug-likeness (QED) is 0.316. The number of likely N-dealkylation sites (tertiary alicyclic amines) is 1. The van der Waals surface area contributed by atoms with Crippen LogP contribution in [0.25, 0.3) is 16.9 Å². The molecule has 8 nitrogen and oxygen atoms in total. The molecule has 2 aromatic carbocycles. The van der Waals surface area contributed by atoms with E-state index in [4.69, 9.17) is 9.84 Å². The third-order valence-corrected chi connectivity index (χ3v) is 9.06. The number of methoxy groups -OCH3 is 1. The van der Waals surface area contributed by atoms with Gasteiger partial charge in [-0.1, -0.05) is 37.1 Å². The summed E-state index contributed by atoms with van der Waals surface area (Å²) in [5, 5.41) is 12.5. The number of nitrogens with zero attached hydrogens (tertiary/aromatic N) is 5. The van der Waals surface area contributed by atoms with E-state index in [9.17, 15) is 13.6 Å². The van der Waals surface area contributed by atoms with Crippen LogP contribution < -0.4 is 5.32 Å². The van der Waals surface area contributed by atoms with Gasteiger partial charge in [0.2, 0.25) is 5.91 Å². The number of aromatic nitrogens is 4. The van der Waals surface area contributed by atoms with Crippen molar-refractivity contribution >= 4 is 5.91 Å². The van der Waals surface area contributed by atoms with E-state index < -0.39 is 11.6 Å². The lowest BCUT2D eigenvalue weighted by atomic mass is 9.91. The molecule has 3 heterocycles. The van der Waals surface area contributed by atoms with E-state index in [2.05, 4.69) is 15.3 Å². The average Bonchev–Trinajstić information content (AvgIpc) is 3.72. The first-order chi connectivity index (χ1) is 20.8. The lowest BCUT2D eigenvalue weighted by Crippen LogP contribution is -2.47. The lowest BCUT2D eigenvalue weighted by molar-refractivity contribution is -0.121. The molecule has 1 aliphatic heterocycles. The topological polar surface area (TPSA) is 77.2 Å². The molecule has 0 bridgehead atoms. The molecule has 1 saturated heterocycles. The smallest absolute Gasteiger partial charge is 0.226 e. The van der Waals surface area contributed by atoms with E-state index in [0.29, 0.717) is 18.7 Å². The Balaban J connectivity index is 1.29. The van der Waals surface area contributed by atoms with E-state index in [1.54, 1.807) is 24.1 Å². The number of rotatable bonds is 8. The van der Waals surface area contributed by atoms with Crippen molar-refractivity contribution in [2.45, 2.75) is 63.1 Å². The predicted octanol–water partition coefficient (Wildman–Crippen LogP) is 4.94. The largest absolute Gasteiger partial charge is 0.380 e. The molecule has 226 valence electrons. The molecule has 6 rings (SSSR count). The van der Waals surface area contributed by atoms with E-state index in [-0.39, 0.29) is 36.4 Å². The fourth-order valence-corrected chi connectivity index (χ4v) is 6.85. The summed E-state index contributed by atoms with van der Waals surface area (Å²) >= 11 is 0. The molecule has 43 heavy (non-hydrogen) atoms. The SMILES string of the molecule is COC1CCCCC1N1C[C@@H](NC(=O)Cc2c(C)c(-c3cnn(C)c3)nn2-c2ccccc2)[C@H](c2ccc(F)c(F)c2)C1. The number of halogens is 2. The number of hydrogen-bond donors (Lipinski definition) is 1. The number of nitrogens with one attached hydrogen (secondary N) is 1. The minimum atomic E-state index is -0.876. The van der Waals surface area contributed by atoms with Gasteiger partial charge in [-0.3, -0.25) is 14.4 Å². The molecule has 1 aliphatic carbocycles. The maximum Gasteiger partial charge on any atom is 0.226 e. The summed E-state index contributed by atoms with van der Waals surface area (Å²) in [6, 6.07) is 13.8. The molecule has 10 heteroatoms. The Hall–Kier alpha value is -3.89. The van der Waals surface area contributed by atoms with Crippen LogP contribution in [0.2, 0.25) is 0 Å². The zero-order chi connectivity index (χ0) is 30.1. The third kappa shape index (κ3) is 5.99. The van der Waals surface area contributed by atoms with Gasteiger partial charge < -0.3 is 10.1 Å². The maximum atomic E-state index is 14.4. The summed E-state index contributed by atoms with van der Waals surface area (Å²) in [7, 11) is 3.61. The average molecular weight is 589 g/mol. The number of carbonyl (C=O) groups is 1. The highest BCUT2D eigenvalue weighted by Crippen LogP contribution is 2.35. The summed E-state index contributed by atoms with van der Waals surface area (Å²) in [6.45, 7) is 3.22. The molecule has 4 aromatic rings. The molecule has 0 radical (unpaired) electrons. The zero-order valence-corrected chi connectivity index (χ0v) is 24.8. The highest BCUT2D eigenvalue weighted by atomic mass is 19.2. The van der Waals surface area contributed by atoms with Crippen molar-refractivity contribution in [1.29, 1.82) is 0 Å². The standard InChI is InChI=1S/C33H38F2N6O2/c1-21-30(41(24-9-5-4-6-10-24)38-33(21)23-17-36-39(2)18-23)16-32(42)37-28-20-40(29-11-7-8-12-31(29)43-3)19-25(28)22-13-14-26(34)27(35)15-22/h4-6,9-10,13-15,17-18,25,28-29,31H,7-8,11-12,16,19-20H2,1-3H3,(H,37,42)/t25-,28+,29?,31?/m0/s1. The molecular weight excluding hydrogens is 550 g/mol. The number of hydrogen-bond acceptors (Lipinski definition) is 5. The molecule has 2 aliphatic rings. The number of ether oxygens (including phenoxy) is 1. The molecule has 0 spiro atoms. The van der Waals surface area contributed by atoms with E-state index in [1.807, 2.05) is 55.2 Å². The first-order valence-corrected chi connectivity index (χ1v) is 15.0. The van der Waals surface area contributed by atoms with Crippen molar-refractivity contribution in [2.24, 2.45) is 7.05 Å². The number of carbonyl (C=O) groups excluding carboxylic acids is 1. The predicted molar refractivity (Wildman–Crippen MR) is 160 cm³/mol. The van der Waals surface area contributed by atoms with Gasteiger partial charge in [0.15, 0.2) is 11.6 Å². The van der Waals surface area contributed by atoms with Crippen LogP contribution in [0, 0.1) is 18.6 Å². The van der Waals surface area contributed by atoms with Gasteiger partial charge in [0.25, 0.3) is 0 Å². The van der Waals surface area contributed by atoms with Crippen molar-refractivity contribution in [3.63, 3.8) is 0 Å². The molecule has 4 atom stereocenters. The normalized spacial score (nSPS) is 22.6. The monoisotopic (exact) mass is 588 g/mol. The van der Waals surface area contributed by atoms with Gasteiger partial charge >= 0.3 is 0 Å². The Kier molecular flexibility index (Phi) is 8.41. The van der Waals surface area contributed by atoms with Gasteiger partial charge in [-0.15, -0.1) is 0 Å². The number of aryl methyl sites for hydroxylation is 1. The Morgan fingerprint density at radius 2 is 1.86 bits per heavy atom. The Labute approximate surface area is 250 Å². The molecule has 1 N–H and O–H groups in total. The summed E-state index contributed by atoms with van der Waals surface area (Å²) in [4.78, 5) is 16.2. The molecule has 2 aromatic heterocycles.